The molecule has 0 aliphatic carbocycles. The molecule has 2 N–H and O–H groups in total. The molecule has 5 nitrogen and oxygen atoms in total. The van der Waals surface area contributed by atoms with Crippen LogP contribution in [0, 0.1) is 0 Å². The van der Waals surface area contributed by atoms with Crippen LogP contribution in [0.3, 0.4) is 0 Å². The Balaban J connectivity index is 2.24. The van der Waals surface area contributed by atoms with Gasteiger partial charge in [-0.3, -0.25) is 4.79 Å². The second kappa shape index (κ2) is 7.96. The van der Waals surface area contributed by atoms with Gasteiger partial charge in [0, 0.05) is 19.6 Å². The molecule has 0 aromatic heterocycles. The number of rotatable bonds is 6. The maximum Gasteiger partial charge on any atom is 0.239 e. The molecule has 2 atom stereocenters. The second-order valence-corrected chi connectivity index (χ2v) is 6.59. The molecular formula is C15H30N2O3. The van der Waals surface area contributed by atoms with Gasteiger partial charge in [-0.05, 0) is 47.0 Å². The third-order valence-corrected chi connectivity index (χ3v) is 3.41. The van der Waals surface area contributed by atoms with E-state index in [1.54, 1.807) is 0 Å². The van der Waals surface area contributed by atoms with Gasteiger partial charge in [0.2, 0.25) is 5.91 Å². The van der Waals surface area contributed by atoms with E-state index in [0.717, 1.165) is 25.9 Å². The predicted octanol–water partition coefficient (Wildman–Crippen LogP) is 1.15. The van der Waals surface area contributed by atoms with E-state index in [0.29, 0.717) is 6.54 Å². The van der Waals surface area contributed by atoms with Crippen LogP contribution in [0.5, 0.6) is 0 Å². The van der Waals surface area contributed by atoms with Gasteiger partial charge in [0.25, 0.3) is 0 Å². The van der Waals surface area contributed by atoms with Crippen molar-refractivity contribution in [3.8, 4) is 0 Å². The zero-order valence-electron chi connectivity index (χ0n) is 13.3. The molecule has 1 rings (SSSR count). The molecule has 118 valence electrons. The highest BCUT2D eigenvalue weighted by Gasteiger charge is 2.22. The predicted molar refractivity (Wildman–Crippen MR) is 79.6 cm³/mol. The van der Waals surface area contributed by atoms with Gasteiger partial charge < -0.3 is 20.1 Å². The summed E-state index contributed by atoms with van der Waals surface area (Å²) in [4.78, 5) is 14.1. The molecule has 2 unspecified atom stereocenters. The van der Waals surface area contributed by atoms with Crippen LogP contribution in [-0.2, 0) is 9.53 Å². The highest BCUT2D eigenvalue weighted by atomic mass is 16.5. The fraction of sp³-hybridized carbons (Fsp3) is 0.933. The van der Waals surface area contributed by atoms with Crippen molar-refractivity contribution in [2.24, 2.45) is 0 Å². The number of hydrogen-bond donors (Lipinski definition) is 2. The smallest absolute Gasteiger partial charge is 0.239 e. The first-order valence-electron chi connectivity index (χ1n) is 7.64. The molecule has 0 spiro atoms. The molecule has 1 fully saturated rings. The Kier molecular flexibility index (Phi) is 6.92. The highest BCUT2D eigenvalue weighted by molar-refractivity contribution is 5.81. The minimum atomic E-state index is -0.592. The van der Waals surface area contributed by atoms with Crippen LogP contribution in [0.25, 0.3) is 0 Å². The minimum Gasteiger partial charge on any atom is -0.389 e. The lowest BCUT2D eigenvalue weighted by Crippen LogP contribution is -2.48. The van der Waals surface area contributed by atoms with Crippen molar-refractivity contribution in [3.05, 3.63) is 0 Å². The number of carbonyl (C=O) groups is 1. The van der Waals surface area contributed by atoms with Crippen LogP contribution in [-0.4, -0.2) is 59.9 Å². The fourth-order valence-electron chi connectivity index (χ4n) is 2.19. The van der Waals surface area contributed by atoms with E-state index in [9.17, 15) is 9.90 Å². The van der Waals surface area contributed by atoms with Gasteiger partial charge in [-0.2, -0.15) is 0 Å². The molecule has 0 saturated carbocycles. The van der Waals surface area contributed by atoms with E-state index >= 15 is 0 Å². The number of amides is 1. The average molecular weight is 286 g/mol. The van der Waals surface area contributed by atoms with Gasteiger partial charge in [-0.15, -0.1) is 0 Å². The largest absolute Gasteiger partial charge is 0.389 e. The SMILES string of the molecule is CC(NCC(O)COC(C)(C)C)C(=O)N1CCCCC1. The number of aliphatic hydroxyl groups excluding tert-OH is 1. The monoisotopic (exact) mass is 286 g/mol. The summed E-state index contributed by atoms with van der Waals surface area (Å²) in [5.41, 5.74) is -0.254. The second-order valence-electron chi connectivity index (χ2n) is 6.59. The highest BCUT2D eigenvalue weighted by Crippen LogP contribution is 2.10. The standard InChI is InChI=1S/C15H30N2O3/c1-12(14(19)17-8-6-5-7-9-17)16-10-13(18)11-20-15(2,3)4/h12-13,16,18H,5-11H2,1-4H3. The van der Waals surface area contributed by atoms with Crippen LogP contribution in [0.15, 0.2) is 0 Å². The lowest BCUT2D eigenvalue weighted by atomic mass is 10.1. The zero-order valence-corrected chi connectivity index (χ0v) is 13.3. The number of nitrogens with zero attached hydrogens (tertiary/aromatic N) is 1. The maximum absolute atomic E-state index is 12.2. The molecule has 20 heavy (non-hydrogen) atoms. The van der Waals surface area contributed by atoms with E-state index < -0.39 is 6.10 Å². The van der Waals surface area contributed by atoms with Crippen molar-refractivity contribution in [3.63, 3.8) is 0 Å². The lowest BCUT2D eigenvalue weighted by molar-refractivity contribution is -0.134. The first-order chi connectivity index (χ1) is 9.29. The van der Waals surface area contributed by atoms with E-state index in [1.807, 2.05) is 32.6 Å². The quantitative estimate of drug-likeness (QED) is 0.769. The Morgan fingerprint density at radius 1 is 1.30 bits per heavy atom. The molecule has 0 aromatic carbocycles. The number of nitrogens with one attached hydrogen (secondary N) is 1. The van der Waals surface area contributed by atoms with E-state index in [1.165, 1.54) is 6.42 Å². The maximum atomic E-state index is 12.2. The van der Waals surface area contributed by atoms with Gasteiger partial charge in [-0.1, -0.05) is 0 Å². The molecular weight excluding hydrogens is 256 g/mol. The first-order valence-corrected chi connectivity index (χ1v) is 7.64. The molecule has 1 amide bonds. The van der Waals surface area contributed by atoms with Crippen molar-refractivity contribution < 1.29 is 14.6 Å². The zero-order chi connectivity index (χ0) is 15.2. The number of likely N-dealkylation sites (tertiary alicyclic amines) is 1. The summed E-state index contributed by atoms with van der Waals surface area (Å²) in [6.45, 7) is 10.1. The summed E-state index contributed by atoms with van der Waals surface area (Å²) in [7, 11) is 0. The lowest BCUT2D eigenvalue weighted by Gasteiger charge is -2.30. The molecule has 0 aromatic rings. The summed E-state index contributed by atoms with van der Waals surface area (Å²) in [6.07, 6.45) is 2.82. The number of piperidine rings is 1. The normalized spacial score (nSPS) is 19.8. The summed E-state index contributed by atoms with van der Waals surface area (Å²) < 4.78 is 5.51. The topological polar surface area (TPSA) is 61.8 Å². The molecule has 5 heteroatoms. The summed E-state index contributed by atoms with van der Waals surface area (Å²) in [6, 6.07) is -0.252. The van der Waals surface area contributed by atoms with E-state index in [-0.39, 0.29) is 24.2 Å². The van der Waals surface area contributed by atoms with Crippen molar-refractivity contribution in [2.45, 2.75) is 64.7 Å². The summed E-state index contributed by atoms with van der Waals surface area (Å²) in [5.74, 6) is 0.133. The van der Waals surface area contributed by atoms with Gasteiger partial charge in [0.05, 0.1) is 24.4 Å². The van der Waals surface area contributed by atoms with Crippen LogP contribution in [0.1, 0.15) is 47.0 Å². The Labute approximate surface area is 122 Å². The van der Waals surface area contributed by atoms with E-state index in [2.05, 4.69) is 5.32 Å². The molecule has 0 bridgehead atoms. The fourth-order valence-corrected chi connectivity index (χ4v) is 2.19. The number of aliphatic hydroxyl groups is 1. The van der Waals surface area contributed by atoms with Crippen LogP contribution < -0.4 is 5.32 Å². The molecule has 1 saturated heterocycles. The molecule has 1 aliphatic rings. The third-order valence-electron chi connectivity index (χ3n) is 3.41. The Morgan fingerprint density at radius 2 is 1.90 bits per heavy atom. The van der Waals surface area contributed by atoms with Gasteiger partial charge >= 0.3 is 0 Å². The van der Waals surface area contributed by atoms with E-state index in [4.69, 9.17) is 4.74 Å². The van der Waals surface area contributed by atoms with Gasteiger partial charge in [0.15, 0.2) is 0 Å². The average Bonchev–Trinajstić information content (AvgIpc) is 2.41. The van der Waals surface area contributed by atoms with Gasteiger partial charge in [-0.25, -0.2) is 0 Å². The van der Waals surface area contributed by atoms with Crippen molar-refractivity contribution in [1.82, 2.24) is 10.2 Å². The summed E-state index contributed by atoms with van der Waals surface area (Å²) in [5, 5.41) is 12.9. The number of hydrogen-bond acceptors (Lipinski definition) is 4. The van der Waals surface area contributed by atoms with Crippen molar-refractivity contribution in [2.75, 3.05) is 26.2 Å². The van der Waals surface area contributed by atoms with Gasteiger partial charge in [0.1, 0.15) is 0 Å². The number of ether oxygens (including phenoxy) is 1. The minimum absolute atomic E-state index is 0.133. The van der Waals surface area contributed by atoms with Crippen LogP contribution in [0.2, 0.25) is 0 Å². The van der Waals surface area contributed by atoms with Crippen LogP contribution in [0.4, 0.5) is 0 Å². The Hall–Kier alpha value is -0.650. The molecule has 1 heterocycles. The van der Waals surface area contributed by atoms with Crippen molar-refractivity contribution in [1.29, 1.82) is 0 Å². The van der Waals surface area contributed by atoms with Crippen LogP contribution >= 0.6 is 0 Å². The third kappa shape index (κ3) is 6.68. The molecule has 1 aliphatic heterocycles. The Morgan fingerprint density at radius 3 is 2.45 bits per heavy atom. The van der Waals surface area contributed by atoms with Crippen molar-refractivity contribution >= 4 is 5.91 Å². The first kappa shape index (κ1) is 17.4. The molecule has 0 radical (unpaired) electrons. The summed E-state index contributed by atoms with van der Waals surface area (Å²) >= 11 is 0. The Bertz CT molecular complexity index is 296. The number of carbonyl (C=O) groups excluding carboxylic acids is 1.